The summed E-state index contributed by atoms with van der Waals surface area (Å²) in [6, 6.07) is 5.50. The molecule has 0 unspecified atom stereocenters. The van der Waals surface area contributed by atoms with E-state index in [9.17, 15) is 13.2 Å². The van der Waals surface area contributed by atoms with Crippen LogP contribution in [-0.4, -0.2) is 59.6 Å². The van der Waals surface area contributed by atoms with Crippen molar-refractivity contribution < 1.29 is 17.7 Å². The Morgan fingerprint density at radius 2 is 2.04 bits per heavy atom. The first-order valence-corrected chi connectivity index (χ1v) is 10.9. The maximum Gasteiger partial charge on any atom is 0.234 e. The first kappa shape index (κ1) is 20.6. The van der Waals surface area contributed by atoms with E-state index in [1.54, 1.807) is 18.2 Å². The molecule has 1 aliphatic rings. The van der Waals surface area contributed by atoms with Crippen LogP contribution in [0.15, 0.2) is 22.7 Å². The van der Waals surface area contributed by atoms with Crippen molar-refractivity contribution in [2.75, 3.05) is 24.6 Å². The van der Waals surface area contributed by atoms with Gasteiger partial charge in [0.25, 0.3) is 0 Å². The number of piperidine rings is 1. The first-order chi connectivity index (χ1) is 13.2. The number of primary amides is 1. The highest BCUT2D eigenvalue weighted by Crippen LogP contribution is 2.26. The van der Waals surface area contributed by atoms with E-state index in [1.165, 1.54) is 4.31 Å². The molecule has 1 aromatic carbocycles. The van der Waals surface area contributed by atoms with Gasteiger partial charge in [0.1, 0.15) is 5.75 Å². The van der Waals surface area contributed by atoms with Gasteiger partial charge in [-0.1, -0.05) is 11.2 Å². The minimum absolute atomic E-state index is 0.141. The molecule has 3 rings (SSSR count). The molecule has 2 aromatic rings. The fraction of sp³-hybridized carbons (Fsp3) is 0.556. The van der Waals surface area contributed by atoms with Crippen LogP contribution in [0.1, 0.15) is 32.3 Å². The van der Waals surface area contributed by atoms with E-state index in [4.69, 9.17) is 16.0 Å². The third-order valence-corrected chi connectivity index (χ3v) is 7.01. The van der Waals surface area contributed by atoms with Crippen LogP contribution < -0.4 is 11.5 Å². The number of nitrogen functional groups attached to an aromatic ring is 1. The molecule has 0 saturated carbocycles. The number of amides is 1. The lowest BCUT2D eigenvalue weighted by Gasteiger charge is -2.39. The van der Waals surface area contributed by atoms with Gasteiger partial charge in [-0.3, -0.25) is 4.79 Å². The smallest absolute Gasteiger partial charge is 0.234 e. The van der Waals surface area contributed by atoms with Crippen molar-refractivity contribution in [1.82, 2.24) is 14.4 Å². The highest BCUT2D eigenvalue weighted by atomic mass is 32.2. The van der Waals surface area contributed by atoms with Gasteiger partial charge in [0.05, 0.1) is 5.39 Å². The number of nitrogens with two attached hydrogens (primary N) is 2. The molecule has 154 valence electrons. The molecular weight excluding hydrogens is 382 g/mol. The largest absolute Gasteiger partial charge is 0.380 e. The maximum atomic E-state index is 12.9. The van der Waals surface area contributed by atoms with Gasteiger partial charge < -0.3 is 20.9 Å². The summed E-state index contributed by atoms with van der Waals surface area (Å²) in [4.78, 5) is 13.7. The lowest BCUT2D eigenvalue weighted by Crippen LogP contribution is -2.50. The molecule has 0 aliphatic carbocycles. The second-order valence-corrected chi connectivity index (χ2v) is 9.45. The van der Waals surface area contributed by atoms with Gasteiger partial charge in [0.15, 0.2) is 11.4 Å². The molecule has 28 heavy (non-hydrogen) atoms. The van der Waals surface area contributed by atoms with Crippen LogP contribution in [-0.2, 0) is 21.4 Å². The zero-order chi connectivity index (χ0) is 20.5. The minimum atomic E-state index is -3.84. The fourth-order valence-electron chi connectivity index (χ4n) is 3.69. The van der Waals surface area contributed by atoms with Gasteiger partial charge in [-0.2, -0.15) is 4.31 Å². The van der Waals surface area contributed by atoms with E-state index < -0.39 is 21.7 Å². The summed E-state index contributed by atoms with van der Waals surface area (Å²) in [5.41, 5.74) is 12.3. The molecule has 0 atom stereocenters. The van der Waals surface area contributed by atoms with Crippen LogP contribution in [0.4, 0.5) is 5.82 Å². The monoisotopic (exact) mass is 409 g/mol. The Morgan fingerprint density at radius 3 is 2.64 bits per heavy atom. The highest BCUT2D eigenvalue weighted by molar-refractivity contribution is 7.89. The Morgan fingerprint density at radius 1 is 1.36 bits per heavy atom. The number of anilines is 1. The third-order valence-electron chi connectivity index (χ3n) is 5.22. The predicted octanol–water partition coefficient (Wildman–Crippen LogP) is 0.900. The average Bonchev–Trinajstić information content (AvgIpc) is 2.99. The van der Waals surface area contributed by atoms with Gasteiger partial charge in [-0.05, 0) is 57.5 Å². The highest BCUT2D eigenvalue weighted by Gasteiger charge is 2.34. The van der Waals surface area contributed by atoms with E-state index >= 15 is 0 Å². The summed E-state index contributed by atoms with van der Waals surface area (Å²) in [6.07, 6.45) is 1.40. The molecule has 10 heteroatoms. The van der Waals surface area contributed by atoms with E-state index in [0.717, 1.165) is 18.7 Å². The number of carbonyl (C=O) groups is 1. The maximum absolute atomic E-state index is 12.9. The van der Waals surface area contributed by atoms with E-state index in [-0.39, 0.29) is 18.4 Å². The molecule has 2 heterocycles. The molecule has 4 N–H and O–H groups in total. The number of sulfonamides is 1. The third kappa shape index (κ3) is 4.45. The molecule has 1 aliphatic heterocycles. The zero-order valence-electron chi connectivity index (χ0n) is 16.2. The van der Waals surface area contributed by atoms with Gasteiger partial charge in [-0.15, -0.1) is 0 Å². The van der Waals surface area contributed by atoms with Crippen molar-refractivity contribution >= 4 is 32.7 Å². The number of rotatable bonds is 7. The number of nitrogens with zero attached hydrogens (tertiary/aromatic N) is 3. The van der Waals surface area contributed by atoms with Crippen molar-refractivity contribution in [2.24, 2.45) is 5.73 Å². The van der Waals surface area contributed by atoms with Gasteiger partial charge >= 0.3 is 0 Å². The second-order valence-electron chi connectivity index (χ2n) is 7.53. The SMILES string of the molecule is CC(C)N1CCC(N(Cc2ccc3onc(N)c3c2)S(=O)(=O)CC(N)=O)CC1. The summed E-state index contributed by atoms with van der Waals surface area (Å²) < 4.78 is 32.3. The lowest BCUT2D eigenvalue weighted by atomic mass is 10.0. The number of hydrogen-bond donors (Lipinski definition) is 2. The molecule has 0 spiro atoms. The number of hydrogen-bond acceptors (Lipinski definition) is 7. The average molecular weight is 410 g/mol. The quantitative estimate of drug-likeness (QED) is 0.693. The van der Waals surface area contributed by atoms with Crippen LogP contribution in [0.5, 0.6) is 0 Å². The number of fused-ring (bicyclic) bond motifs is 1. The molecule has 0 bridgehead atoms. The predicted molar refractivity (Wildman–Crippen MR) is 107 cm³/mol. The second kappa shape index (κ2) is 8.06. The van der Waals surface area contributed by atoms with Crippen LogP contribution in [0.25, 0.3) is 11.0 Å². The summed E-state index contributed by atoms with van der Waals surface area (Å²) in [5.74, 6) is -1.30. The molecule has 1 saturated heterocycles. The number of carbonyl (C=O) groups excluding carboxylic acids is 1. The standard InChI is InChI=1S/C18H27N5O4S/c1-12(2)22-7-5-14(6-8-22)23(28(25,26)11-17(19)24)10-13-3-4-16-15(9-13)18(20)21-27-16/h3-4,9,12,14H,5-8,10-11H2,1-2H3,(H2,19,24)(H2,20,21). The minimum Gasteiger partial charge on any atom is -0.380 e. The first-order valence-electron chi connectivity index (χ1n) is 9.33. The molecule has 9 nitrogen and oxygen atoms in total. The number of benzene rings is 1. The molecule has 1 aromatic heterocycles. The summed E-state index contributed by atoms with van der Waals surface area (Å²) in [6.45, 7) is 6.01. The van der Waals surface area contributed by atoms with Crippen molar-refractivity contribution in [1.29, 1.82) is 0 Å². The Hall–Kier alpha value is -2.17. The number of likely N-dealkylation sites (tertiary alicyclic amines) is 1. The van der Waals surface area contributed by atoms with Crippen LogP contribution >= 0.6 is 0 Å². The van der Waals surface area contributed by atoms with E-state index in [0.29, 0.717) is 29.9 Å². The van der Waals surface area contributed by atoms with Crippen LogP contribution in [0, 0.1) is 0 Å². The Labute approximate surface area is 164 Å². The van der Waals surface area contributed by atoms with E-state index in [2.05, 4.69) is 23.9 Å². The van der Waals surface area contributed by atoms with Crippen LogP contribution in [0.2, 0.25) is 0 Å². The lowest BCUT2D eigenvalue weighted by molar-refractivity contribution is -0.115. The molecule has 1 amide bonds. The molecule has 0 radical (unpaired) electrons. The number of aromatic nitrogens is 1. The van der Waals surface area contributed by atoms with Gasteiger partial charge in [0, 0.05) is 18.6 Å². The van der Waals surface area contributed by atoms with Crippen LogP contribution in [0.3, 0.4) is 0 Å². The topological polar surface area (TPSA) is 136 Å². The molecule has 1 fully saturated rings. The van der Waals surface area contributed by atoms with Crippen molar-refractivity contribution in [3.8, 4) is 0 Å². The van der Waals surface area contributed by atoms with Gasteiger partial charge in [0.2, 0.25) is 15.9 Å². The Balaban J connectivity index is 1.87. The van der Waals surface area contributed by atoms with E-state index in [1.807, 2.05) is 0 Å². The Kier molecular flexibility index (Phi) is 5.92. The van der Waals surface area contributed by atoms with Crippen molar-refractivity contribution in [3.05, 3.63) is 23.8 Å². The zero-order valence-corrected chi connectivity index (χ0v) is 17.0. The van der Waals surface area contributed by atoms with Crippen molar-refractivity contribution in [2.45, 2.75) is 45.3 Å². The summed E-state index contributed by atoms with van der Waals surface area (Å²) in [7, 11) is -3.84. The summed E-state index contributed by atoms with van der Waals surface area (Å²) >= 11 is 0. The molecular formula is C18H27N5O4S. The Bertz CT molecular complexity index is 948. The van der Waals surface area contributed by atoms with Crippen molar-refractivity contribution in [3.63, 3.8) is 0 Å². The summed E-state index contributed by atoms with van der Waals surface area (Å²) in [5, 5.41) is 4.36. The fourth-order valence-corrected chi connectivity index (χ4v) is 5.23. The normalized spacial score (nSPS) is 17.0. The van der Waals surface area contributed by atoms with Gasteiger partial charge in [-0.25, -0.2) is 8.42 Å².